The van der Waals surface area contributed by atoms with E-state index >= 15 is 0 Å². The molecule has 0 amide bonds. The van der Waals surface area contributed by atoms with Crippen LogP contribution in [0.2, 0.25) is 0 Å². The third-order valence-electron chi connectivity index (χ3n) is 2.86. The number of nitrogens with two attached hydrogens (primary N) is 1. The van der Waals surface area contributed by atoms with Crippen LogP contribution >= 0.6 is 0 Å². The molecule has 2 rings (SSSR count). The van der Waals surface area contributed by atoms with Gasteiger partial charge in [0.15, 0.2) is 0 Å². The lowest BCUT2D eigenvalue weighted by Crippen LogP contribution is -2.87. The minimum Gasteiger partial charge on any atom is -0.488 e. The Morgan fingerprint density at radius 2 is 2.18 bits per heavy atom. The van der Waals surface area contributed by atoms with E-state index in [0.717, 1.165) is 25.4 Å². The second kappa shape index (κ2) is 6.57. The summed E-state index contributed by atoms with van der Waals surface area (Å²) in [7, 11) is 0. The monoisotopic (exact) mass is 240 g/mol. The van der Waals surface area contributed by atoms with E-state index in [0.29, 0.717) is 12.7 Å². The molecule has 3 nitrogen and oxygen atoms in total. The van der Waals surface area contributed by atoms with E-state index in [1.165, 1.54) is 25.0 Å². The topological polar surface area (TPSA) is 35.1 Å². The molecule has 1 aliphatic heterocycles. The van der Waals surface area contributed by atoms with Gasteiger partial charge in [-0.2, -0.15) is 0 Å². The lowest BCUT2D eigenvalue weighted by molar-refractivity contribution is -0.661. The molecule has 94 valence electrons. The number of ether oxygens (including phenoxy) is 2. The third-order valence-corrected chi connectivity index (χ3v) is 2.86. The first-order chi connectivity index (χ1) is 8.34. The van der Waals surface area contributed by atoms with Gasteiger partial charge in [0, 0.05) is 6.61 Å². The lowest BCUT2D eigenvalue weighted by Gasteiger charge is -2.08. The van der Waals surface area contributed by atoms with Crippen molar-refractivity contribution in [2.45, 2.75) is 18.9 Å². The van der Waals surface area contributed by atoms with Crippen LogP contribution in [-0.4, -0.2) is 32.4 Å². The second-order valence-corrected chi connectivity index (χ2v) is 4.25. The van der Waals surface area contributed by atoms with Gasteiger partial charge in [-0.05, 0) is 37.1 Å². The Hall–Kier alpha value is -1.13. The zero-order chi connectivity index (χ0) is 11.9. The number of quaternary nitrogens is 1. The molecule has 1 aliphatic rings. The van der Waals surface area contributed by atoms with Crippen molar-refractivity contribution in [2.24, 2.45) is 0 Å². The van der Waals surface area contributed by atoms with Gasteiger partial charge in [-0.15, -0.1) is 0 Å². The van der Waals surface area contributed by atoms with Crippen molar-refractivity contribution >= 4 is 0 Å². The molecule has 4 heteroatoms. The molecule has 0 bridgehead atoms. The van der Waals surface area contributed by atoms with Gasteiger partial charge in [-0.3, -0.25) is 0 Å². The van der Waals surface area contributed by atoms with Crippen LogP contribution in [0.15, 0.2) is 24.3 Å². The Morgan fingerprint density at radius 3 is 2.88 bits per heavy atom. The van der Waals surface area contributed by atoms with Crippen LogP contribution in [0.3, 0.4) is 0 Å². The molecule has 2 N–H and O–H groups in total. The molecule has 1 aromatic carbocycles. The van der Waals surface area contributed by atoms with Crippen molar-refractivity contribution in [3.05, 3.63) is 30.1 Å². The van der Waals surface area contributed by atoms with Crippen LogP contribution in [-0.2, 0) is 4.74 Å². The molecule has 0 aromatic heterocycles. The number of benzene rings is 1. The van der Waals surface area contributed by atoms with Gasteiger partial charge in [-0.1, -0.05) is 0 Å². The highest BCUT2D eigenvalue weighted by molar-refractivity contribution is 5.21. The van der Waals surface area contributed by atoms with E-state index in [1.54, 1.807) is 12.1 Å². The number of hydrogen-bond donors (Lipinski definition) is 1. The highest BCUT2D eigenvalue weighted by atomic mass is 19.1. The van der Waals surface area contributed by atoms with Crippen molar-refractivity contribution in [3.63, 3.8) is 0 Å². The maximum Gasteiger partial charge on any atom is 0.137 e. The minimum absolute atomic E-state index is 0.234. The van der Waals surface area contributed by atoms with Crippen LogP contribution in [0.5, 0.6) is 5.75 Å². The lowest BCUT2D eigenvalue weighted by atomic mass is 10.2. The summed E-state index contributed by atoms with van der Waals surface area (Å²) in [5.41, 5.74) is 0. The molecular formula is C13H19FNO2+. The van der Waals surface area contributed by atoms with E-state index in [1.807, 2.05) is 0 Å². The van der Waals surface area contributed by atoms with Crippen molar-refractivity contribution in [1.29, 1.82) is 0 Å². The van der Waals surface area contributed by atoms with Gasteiger partial charge in [0.25, 0.3) is 0 Å². The summed E-state index contributed by atoms with van der Waals surface area (Å²) in [6.07, 6.45) is 2.78. The van der Waals surface area contributed by atoms with Gasteiger partial charge in [0.2, 0.25) is 0 Å². The average Bonchev–Trinajstić information content (AvgIpc) is 2.84. The molecule has 1 atom stereocenters. The fourth-order valence-corrected chi connectivity index (χ4v) is 1.92. The van der Waals surface area contributed by atoms with Crippen LogP contribution in [0.4, 0.5) is 4.39 Å². The van der Waals surface area contributed by atoms with Crippen LogP contribution in [0.25, 0.3) is 0 Å². The Kier molecular flexibility index (Phi) is 4.76. The maximum atomic E-state index is 12.6. The molecule has 0 aliphatic carbocycles. The van der Waals surface area contributed by atoms with Gasteiger partial charge >= 0.3 is 0 Å². The summed E-state index contributed by atoms with van der Waals surface area (Å²) in [4.78, 5) is 0. The molecule has 0 saturated carbocycles. The molecule has 1 heterocycles. The zero-order valence-corrected chi connectivity index (χ0v) is 9.90. The summed E-state index contributed by atoms with van der Waals surface area (Å²) >= 11 is 0. The molecule has 1 aromatic rings. The smallest absolute Gasteiger partial charge is 0.137 e. The number of hydrogen-bond acceptors (Lipinski definition) is 2. The molecule has 0 spiro atoms. The van der Waals surface area contributed by atoms with E-state index in [2.05, 4.69) is 5.32 Å². The summed E-state index contributed by atoms with van der Waals surface area (Å²) < 4.78 is 23.6. The predicted molar refractivity (Wildman–Crippen MR) is 62.5 cm³/mol. The van der Waals surface area contributed by atoms with Gasteiger partial charge in [0.05, 0.1) is 0 Å². The molecule has 17 heavy (non-hydrogen) atoms. The van der Waals surface area contributed by atoms with Crippen molar-refractivity contribution in [2.75, 3.05) is 26.3 Å². The fourth-order valence-electron chi connectivity index (χ4n) is 1.92. The van der Waals surface area contributed by atoms with Crippen molar-refractivity contribution in [1.82, 2.24) is 0 Å². The van der Waals surface area contributed by atoms with Crippen molar-refractivity contribution < 1.29 is 19.2 Å². The molecule has 0 radical (unpaired) electrons. The fraction of sp³-hybridized carbons (Fsp3) is 0.538. The predicted octanol–water partition coefficient (Wildman–Crippen LogP) is 0.947. The van der Waals surface area contributed by atoms with Crippen molar-refractivity contribution in [3.8, 4) is 5.75 Å². The first-order valence-corrected chi connectivity index (χ1v) is 6.16. The Balaban J connectivity index is 1.55. The van der Waals surface area contributed by atoms with Gasteiger partial charge in [0.1, 0.15) is 37.4 Å². The summed E-state index contributed by atoms with van der Waals surface area (Å²) in [6, 6.07) is 6.11. The largest absolute Gasteiger partial charge is 0.488 e. The van der Waals surface area contributed by atoms with Gasteiger partial charge < -0.3 is 14.8 Å². The number of rotatable bonds is 6. The van der Waals surface area contributed by atoms with Crippen LogP contribution < -0.4 is 10.1 Å². The third kappa shape index (κ3) is 4.32. The SMILES string of the molecule is Fc1ccc(OCC[NH2+]C[C@H]2CCCO2)cc1. The summed E-state index contributed by atoms with van der Waals surface area (Å²) in [5.74, 6) is 0.485. The van der Waals surface area contributed by atoms with Crippen LogP contribution in [0, 0.1) is 5.82 Å². The summed E-state index contributed by atoms with van der Waals surface area (Å²) in [5, 5.41) is 2.21. The average molecular weight is 240 g/mol. The van der Waals surface area contributed by atoms with E-state index in [4.69, 9.17) is 9.47 Å². The first-order valence-electron chi connectivity index (χ1n) is 6.16. The standard InChI is InChI=1S/C13H18FNO2/c14-11-3-5-12(6-4-11)17-9-7-15-10-13-2-1-8-16-13/h3-6,13,15H,1-2,7-10H2/p+1/t13-/m1/s1. The Labute approximate surface area is 101 Å². The quantitative estimate of drug-likeness (QED) is 0.751. The first kappa shape index (κ1) is 12.3. The Bertz CT molecular complexity index is 323. The minimum atomic E-state index is -0.234. The zero-order valence-electron chi connectivity index (χ0n) is 9.90. The van der Waals surface area contributed by atoms with E-state index in [9.17, 15) is 4.39 Å². The highest BCUT2D eigenvalue weighted by Gasteiger charge is 2.16. The molecular weight excluding hydrogens is 221 g/mol. The van der Waals surface area contributed by atoms with Gasteiger partial charge in [-0.25, -0.2) is 4.39 Å². The summed E-state index contributed by atoms with van der Waals surface area (Å²) in [6.45, 7) is 3.45. The molecule has 1 fully saturated rings. The highest BCUT2D eigenvalue weighted by Crippen LogP contribution is 2.10. The number of halogens is 1. The maximum absolute atomic E-state index is 12.6. The second-order valence-electron chi connectivity index (χ2n) is 4.25. The molecule has 0 unspecified atom stereocenters. The normalized spacial score (nSPS) is 19.5. The van der Waals surface area contributed by atoms with E-state index < -0.39 is 0 Å². The van der Waals surface area contributed by atoms with E-state index in [-0.39, 0.29) is 5.82 Å². The molecule has 1 saturated heterocycles. The van der Waals surface area contributed by atoms with Crippen LogP contribution in [0.1, 0.15) is 12.8 Å². The Morgan fingerprint density at radius 1 is 1.35 bits per heavy atom.